The number of nitrogens with one attached hydrogen (secondary N) is 2. The van der Waals surface area contributed by atoms with E-state index in [1.54, 1.807) is 23.5 Å². The van der Waals surface area contributed by atoms with Crippen molar-refractivity contribution in [2.24, 2.45) is 11.7 Å². The molecule has 0 spiro atoms. The Kier molecular flexibility index (Phi) is 6.76. The van der Waals surface area contributed by atoms with Crippen molar-refractivity contribution in [3.63, 3.8) is 0 Å². The van der Waals surface area contributed by atoms with Crippen LogP contribution in [-0.4, -0.2) is 16.6 Å². The van der Waals surface area contributed by atoms with Crippen molar-refractivity contribution in [3.8, 4) is 10.4 Å². The van der Waals surface area contributed by atoms with Gasteiger partial charge >= 0.3 is 6.03 Å². The summed E-state index contributed by atoms with van der Waals surface area (Å²) in [7, 11) is 0. The third-order valence-electron chi connectivity index (χ3n) is 6.26. The standard InChI is InChI=1S/C25H28F2N4OS/c1-25(2,28)17-7-3-16(4-8-17)23-29-14-22(33-23)15-5-10-19(11-6-15)30-24(32)31-21-12-9-18(26)13-20(21)27/h5-6,9-14,16-17H,3-4,7-8,28H2,1-2H3,(H2,30,31,32). The third kappa shape index (κ3) is 5.75. The number of thiazole rings is 1. The molecule has 1 fully saturated rings. The molecule has 0 unspecified atom stereocenters. The van der Waals surface area contributed by atoms with Gasteiger partial charge in [-0.05, 0) is 75.3 Å². The van der Waals surface area contributed by atoms with Crippen molar-refractivity contribution in [1.82, 2.24) is 4.98 Å². The van der Waals surface area contributed by atoms with Gasteiger partial charge in [0.05, 0.1) is 15.6 Å². The van der Waals surface area contributed by atoms with Crippen molar-refractivity contribution >= 4 is 28.7 Å². The van der Waals surface area contributed by atoms with Crippen molar-refractivity contribution < 1.29 is 13.6 Å². The van der Waals surface area contributed by atoms with Crippen LogP contribution in [0.25, 0.3) is 10.4 Å². The molecule has 1 heterocycles. The minimum absolute atomic E-state index is 0.0910. The van der Waals surface area contributed by atoms with Crippen LogP contribution < -0.4 is 16.4 Å². The Morgan fingerprint density at radius 1 is 1.06 bits per heavy atom. The lowest BCUT2D eigenvalue weighted by Crippen LogP contribution is -2.42. The van der Waals surface area contributed by atoms with Crippen molar-refractivity contribution in [2.45, 2.75) is 51.0 Å². The monoisotopic (exact) mass is 470 g/mol. The van der Waals surface area contributed by atoms with E-state index in [0.717, 1.165) is 48.3 Å². The summed E-state index contributed by atoms with van der Waals surface area (Å²) < 4.78 is 26.7. The van der Waals surface area contributed by atoms with Gasteiger partial charge in [-0.3, -0.25) is 0 Å². The molecule has 1 saturated carbocycles. The van der Waals surface area contributed by atoms with Gasteiger partial charge in [0.2, 0.25) is 0 Å². The molecule has 174 valence electrons. The number of carbonyl (C=O) groups is 1. The van der Waals surface area contributed by atoms with Crippen LogP contribution in [0.15, 0.2) is 48.7 Å². The van der Waals surface area contributed by atoms with Gasteiger partial charge < -0.3 is 16.4 Å². The van der Waals surface area contributed by atoms with E-state index >= 15 is 0 Å². The second-order valence-corrected chi connectivity index (χ2v) is 10.3. The molecular weight excluding hydrogens is 442 g/mol. The van der Waals surface area contributed by atoms with Crippen molar-refractivity contribution in [3.05, 3.63) is 65.3 Å². The Morgan fingerprint density at radius 2 is 1.76 bits per heavy atom. The number of urea groups is 1. The maximum atomic E-state index is 13.7. The topological polar surface area (TPSA) is 80.0 Å². The fraction of sp³-hybridized carbons (Fsp3) is 0.360. The van der Waals surface area contributed by atoms with Gasteiger partial charge in [-0.15, -0.1) is 11.3 Å². The highest BCUT2D eigenvalue weighted by Crippen LogP contribution is 2.41. The van der Waals surface area contributed by atoms with Crippen LogP contribution >= 0.6 is 11.3 Å². The lowest BCUT2D eigenvalue weighted by molar-refractivity contribution is 0.224. The van der Waals surface area contributed by atoms with Gasteiger partial charge in [0.25, 0.3) is 0 Å². The molecule has 4 rings (SSSR count). The number of amides is 2. The lowest BCUT2D eigenvalue weighted by atomic mass is 9.74. The number of anilines is 2. The van der Waals surface area contributed by atoms with Crippen molar-refractivity contribution in [1.29, 1.82) is 0 Å². The van der Waals surface area contributed by atoms with E-state index in [2.05, 4.69) is 29.5 Å². The van der Waals surface area contributed by atoms with E-state index in [-0.39, 0.29) is 11.2 Å². The molecule has 0 radical (unpaired) electrons. The summed E-state index contributed by atoms with van der Waals surface area (Å²) in [5, 5.41) is 6.20. The van der Waals surface area contributed by atoms with Gasteiger partial charge in [0, 0.05) is 29.4 Å². The van der Waals surface area contributed by atoms with Gasteiger partial charge in [-0.1, -0.05) is 12.1 Å². The summed E-state index contributed by atoms with van der Waals surface area (Å²) in [6, 6.07) is 9.77. The first-order valence-electron chi connectivity index (χ1n) is 11.1. The molecule has 0 aliphatic heterocycles. The number of nitrogens with zero attached hydrogens (tertiary/aromatic N) is 1. The SMILES string of the molecule is CC(C)(N)C1CCC(c2ncc(-c3ccc(NC(=O)Nc4ccc(F)cc4F)cc3)s2)CC1. The van der Waals surface area contributed by atoms with Crippen LogP contribution in [-0.2, 0) is 0 Å². The first-order chi connectivity index (χ1) is 15.7. The highest BCUT2D eigenvalue weighted by atomic mass is 32.1. The highest BCUT2D eigenvalue weighted by Gasteiger charge is 2.31. The second-order valence-electron chi connectivity index (χ2n) is 9.21. The van der Waals surface area contributed by atoms with Crippen LogP contribution in [0.1, 0.15) is 50.5 Å². The number of halogens is 2. The van der Waals surface area contributed by atoms with Gasteiger partial charge in [0.15, 0.2) is 0 Å². The normalized spacial score (nSPS) is 18.7. The molecule has 0 bridgehead atoms. The molecule has 0 saturated heterocycles. The zero-order valence-corrected chi connectivity index (χ0v) is 19.5. The van der Waals surface area contributed by atoms with Crippen LogP contribution in [0.5, 0.6) is 0 Å². The smallest absolute Gasteiger partial charge is 0.323 e. The fourth-order valence-electron chi connectivity index (χ4n) is 4.29. The summed E-state index contributed by atoms with van der Waals surface area (Å²) in [6.07, 6.45) is 6.40. The van der Waals surface area contributed by atoms with E-state index in [1.165, 1.54) is 11.1 Å². The largest absolute Gasteiger partial charge is 0.325 e. The molecule has 8 heteroatoms. The molecule has 3 aromatic rings. The second kappa shape index (κ2) is 9.57. The first-order valence-corrected chi connectivity index (χ1v) is 11.9. The maximum Gasteiger partial charge on any atom is 0.323 e. The molecule has 1 aliphatic carbocycles. The Hall–Kier alpha value is -2.84. The molecule has 33 heavy (non-hydrogen) atoms. The van der Waals surface area contributed by atoms with Crippen LogP contribution in [0, 0.1) is 17.6 Å². The highest BCUT2D eigenvalue weighted by molar-refractivity contribution is 7.15. The first kappa shape index (κ1) is 23.3. The fourth-order valence-corrected chi connectivity index (χ4v) is 5.38. The van der Waals surface area contributed by atoms with Gasteiger partial charge in [-0.25, -0.2) is 18.6 Å². The number of rotatable bonds is 5. The molecular formula is C25H28F2N4OS. The summed E-state index contributed by atoms with van der Waals surface area (Å²) >= 11 is 1.71. The number of hydrogen-bond acceptors (Lipinski definition) is 4. The minimum atomic E-state index is -0.832. The maximum absolute atomic E-state index is 13.7. The average molecular weight is 471 g/mol. The van der Waals surface area contributed by atoms with Crippen LogP contribution in [0.4, 0.5) is 25.0 Å². The Labute approximate surface area is 196 Å². The number of benzene rings is 2. The van der Waals surface area contributed by atoms with E-state index < -0.39 is 17.7 Å². The Morgan fingerprint density at radius 3 is 2.39 bits per heavy atom. The summed E-state index contributed by atoms with van der Waals surface area (Å²) in [4.78, 5) is 17.9. The molecule has 5 nitrogen and oxygen atoms in total. The van der Waals surface area contributed by atoms with E-state index in [9.17, 15) is 13.6 Å². The lowest BCUT2D eigenvalue weighted by Gasteiger charge is -2.36. The quantitative estimate of drug-likeness (QED) is 0.386. The predicted molar refractivity (Wildman–Crippen MR) is 130 cm³/mol. The number of aromatic nitrogens is 1. The van der Waals surface area contributed by atoms with Gasteiger partial charge in [0.1, 0.15) is 11.6 Å². The van der Waals surface area contributed by atoms with Crippen LogP contribution in [0.3, 0.4) is 0 Å². The molecule has 0 atom stereocenters. The Balaban J connectivity index is 1.35. The zero-order chi connectivity index (χ0) is 23.6. The Bertz CT molecular complexity index is 1120. The summed E-state index contributed by atoms with van der Waals surface area (Å²) in [5.74, 6) is -0.488. The predicted octanol–water partition coefficient (Wildman–Crippen LogP) is 6.74. The average Bonchev–Trinajstić information content (AvgIpc) is 3.26. The van der Waals surface area contributed by atoms with E-state index in [0.29, 0.717) is 17.5 Å². The molecule has 2 amide bonds. The number of carbonyl (C=O) groups excluding carboxylic acids is 1. The van der Waals surface area contributed by atoms with Crippen LogP contribution in [0.2, 0.25) is 0 Å². The van der Waals surface area contributed by atoms with E-state index in [4.69, 9.17) is 5.73 Å². The summed E-state index contributed by atoms with van der Waals surface area (Å²) in [5.41, 5.74) is 7.66. The van der Waals surface area contributed by atoms with Gasteiger partial charge in [-0.2, -0.15) is 0 Å². The molecule has 4 N–H and O–H groups in total. The number of hydrogen-bond donors (Lipinski definition) is 3. The molecule has 1 aliphatic rings. The third-order valence-corrected chi connectivity index (χ3v) is 7.47. The van der Waals surface area contributed by atoms with E-state index in [1.807, 2.05) is 18.3 Å². The molecule has 2 aromatic carbocycles. The van der Waals surface area contributed by atoms with Crippen molar-refractivity contribution in [2.75, 3.05) is 10.6 Å². The zero-order valence-electron chi connectivity index (χ0n) is 18.7. The summed E-state index contributed by atoms with van der Waals surface area (Å²) in [6.45, 7) is 4.23. The minimum Gasteiger partial charge on any atom is -0.325 e. The number of nitrogens with two attached hydrogens (primary N) is 1. The molecule has 1 aromatic heterocycles.